The lowest BCUT2D eigenvalue weighted by Gasteiger charge is -2.18. The van der Waals surface area contributed by atoms with Crippen LogP contribution >= 0.6 is 0 Å². The van der Waals surface area contributed by atoms with Gasteiger partial charge in [0.1, 0.15) is 13.2 Å². The van der Waals surface area contributed by atoms with Crippen LogP contribution in [0, 0.1) is 0 Å². The fourth-order valence-electron chi connectivity index (χ4n) is 8.56. The number of hydrogen-bond acceptors (Lipinski definition) is 6. The first-order valence-corrected chi connectivity index (χ1v) is 29.6. The maximum atomic E-state index is 12.8. The van der Waals surface area contributed by atoms with Crippen LogP contribution in [0.3, 0.4) is 0 Å². The Labute approximate surface area is 422 Å². The monoisotopic (exact) mass is 953 g/mol. The molecule has 0 heterocycles. The van der Waals surface area contributed by atoms with Gasteiger partial charge in [0.05, 0.1) is 0 Å². The Morgan fingerprint density at radius 1 is 0.294 bits per heavy atom. The largest absolute Gasteiger partial charge is 0.462 e. The van der Waals surface area contributed by atoms with Gasteiger partial charge in [-0.2, -0.15) is 0 Å². The van der Waals surface area contributed by atoms with E-state index in [0.29, 0.717) is 19.3 Å². The van der Waals surface area contributed by atoms with Gasteiger partial charge in [-0.1, -0.05) is 256 Å². The predicted octanol–water partition coefficient (Wildman–Crippen LogP) is 19.8. The van der Waals surface area contributed by atoms with Crippen LogP contribution in [0.15, 0.2) is 48.6 Å². The molecule has 0 saturated carbocycles. The van der Waals surface area contributed by atoms with Gasteiger partial charge in [-0.25, -0.2) is 0 Å². The summed E-state index contributed by atoms with van der Waals surface area (Å²) in [6.45, 7) is 6.56. The van der Waals surface area contributed by atoms with Gasteiger partial charge in [-0.15, -0.1) is 0 Å². The number of carbonyl (C=O) groups excluding carboxylic acids is 3. The topological polar surface area (TPSA) is 78.9 Å². The molecule has 6 heteroatoms. The second kappa shape index (κ2) is 57.0. The lowest BCUT2D eigenvalue weighted by atomic mass is 10.0. The minimum absolute atomic E-state index is 0.0747. The van der Waals surface area contributed by atoms with Gasteiger partial charge in [-0.3, -0.25) is 14.4 Å². The van der Waals surface area contributed by atoms with Crippen LogP contribution in [0.4, 0.5) is 0 Å². The Kier molecular flexibility index (Phi) is 54.8. The van der Waals surface area contributed by atoms with Crippen molar-refractivity contribution in [3.05, 3.63) is 48.6 Å². The fourth-order valence-corrected chi connectivity index (χ4v) is 8.56. The molecule has 0 N–H and O–H groups in total. The standard InChI is InChI=1S/C62H112O6/c1-4-7-10-13-15-17-19-21-23-25-26-27-28-29-30-31-32-33-34-35-36-37-39-40-42-44-46-49-52-55-61(64)67-58-59(57-66-60(63)54-51-48-12-9-6-3)68-62(65)56-53-50-47-45-43-41-38-24-22-20-18-16-14-11-8-5-2/h19,21,24-26,28-29,38,59H,4-18,20,22-23,27,30-37,39-58H2,1-3H3/b21-19-,26-25-,29-28-,38-24-. The number of unbranched alkanes of at least 4 members (excludes halogenated alkanes) is 35. The van der Waals surface area contributed by atoms with Crippen LogP contribution in [-0.2, 0) is 28.6 Å². The van der Waals surface area contributed by atoms with E-state index in [1.807, 2.05) is 0 Å². The molecule has 0 aromatic carbocycles. The molecule has 0 amide bonds. The molecule has 1 atom stereocenters. The first kappa shape index (κ1) is 65.4. The van der Waals surface area contributed by atoms with Crippen LogP contribution in [0.1, 0.15) is 310 Å². The quantitative estimate of drug-likeness (QED) is 0.0262. The molecule has 0 radical (unpaired) electrons. The Hall–Kier alpha value is -2.63. The van der Waals surface area contributed by atoms with E-state index in [0.717, 1.165) is 83.5 Å². The summed E-state index contributed by atoms with van der Waals surface area (Å²) in [4.78, 5) is 37.8. The van der Waals surface area contributed by atoms with Crippen LogP contribution in [0.25, 0.3) is 0 Å². The average Bonchev–Trinajstić information content (AvgIpc) is 3.34. The number of ether oxygens (including phenoxy) is 3. The zero-order valence-electron chi connectivity index (χ0n) is 45.4. The van der Waals surface area contributed by atoms with Gasteiger partial charge in [0.15, 0.2) is 6.10 Å². The van der Waals surface area contributed by atoms with Gasteiger partial charge in [0, 0.05) is 19.3 Å². The zero-order chi connectivity index (χ0) is 49.3. The Bertz CT molecular complexity index is 1190. The second-order valence-corrected chi connectivity index (χ2v) is 19.9. The number of esters is 3. The third-order valence-electron chi connectivity index (χ3n) is 13.1. The highest BCUT2D eigenvalue weighted by Gasteiger charge is 2.19. The van der Waals surface area contributed by atoms with Crippen molar-refractivity contribution in [1.82, 2.24) is 0 Å². The van der Waals surface area contributed by atoms with E-state index in [1.165, 1.54) is 186 Å². The molecule has 0 aliphatic rings. The lowest BCUT2D eigenvalue weighted by molar-refractivity contribution is -0.167. The van der Waals surface area contributed by atoms with Gasteiger partial charge >= 0.3 is 17.9 Å². The molecule has 1 unspecified atom stereocenters. The van der Waals surface area contributed by atoms with Crippen LogP contribution in [-0.4, -0.2) is 37.2 Å². The van der Waals surface area contributed by atoms with Crippen LogP contribution in [0.5, 0.6) is 0 Å². The summed E-state index contributed by atoms with van der Waals surface area (Å²) in [5.41, 5.74) is 0. The zero-order valence-corrected chi connectivity index (χ0v) is 45.4. The van der Waals surface area contributed by atoms with E-state index in [-0.39, 0.29) is 31.1 Å². The predicted molar refractivity (Wildman–Crippen MR) is 293 cm³/mol. The number of hydrogen-bond donors (Lipinski definition) is 0. The number of rotatable bonds is 54. The molecule has 0 aliphatic heterocycles. The van der Waals surface area contributed by atoms with Crippen molar-refractivity contribution in [3.63, 3.8) is 0 Å². The highest BCUT2D eigenvalue weighted by molar-refractivity contribution is 5.71. The molecule has 396 valence electrons. The van der Waals surface area contributed by atoms with Crippen molar-refractivity contribution in [2.24, 2.45) is 0 Å². The molecular formula is C62H112O6. The molecule has 6 nitrogen and oxygen atoms in total. The third kappa shape index (κ3) is 54.3. The van der Waals surface area contributed by atoms with Crippen molar-refractivity contribution in [1.29, 1.82) is 0 Å². The number of allylic oxidation sites excluding steroid dienone is 8. The van der Waals surface area contributed by atoms with E-state index in [9.17, 15) is 14.4 Å². The summed E-state index contributed by atoms with van der Waals surface area (Å²) in [6, 6.07) is 0. The SMILES string of the molecule is CCCCCCC/C=C\C/C=C\C/C=C\CCCCCCCCCCCCCCCCC(=O)OCC(COC(=O)CCCCCCC)OC(=O)CCCCCCC/C=C\CCCCCCCCC. The van der Waals surface area contributed by atoms with Crippen molar-refractivity contribution < 1.29 is 28.6 Å². The van der Waals surface area contributed by atoms with Crippen molar-refractivity contribution >= 4 is 17.9 Å². The van der Waals surface area contributed by atoms with E-state index >= 15 is 0 Å². The lowest BCUT2D eigenvalue weighted by Crippen LogP contribution is -2.30. The second-order valence-electron chi connectivity index (χ2n) is 19.9. The van der Waals surface area contributed by atoms with Crippen molar-refractivity contribution in [2.75, 3.05) is 13.2 Å². The molecular weight excluding hydrogens is 841 g/mol. The fraction of sp³-hybridized carbons (Fsp3) is 0.823. The maximum Gasteiger partial charge on any atom is 0.306 e. The average molecular weight is 954 g/mol. The Morgan fingerprint density at radius 2 is 0.529 bits per heavy atom. The summed E-state index contributed by atoms with van der Waals surface area (Å²) < 4.78 is 16.7. The van der Waals surface area contributed by atoms with Gasteiger partial charge in [0.2, 0.25) is 0 Å². The normalized spacial score (nSPS) is 12.3. The van der Waals surface area contributed by atoms with Crippen molar-refractivity contribution in [2.45, 2.75) is 316 Å². The Balaban J connectivity index is 4.00. The van der Waals surface area contributed by atoms with Crippen LogP contribution in [0.2, 0.25) is 0 Å². The van der Waals surface area contributed by atoms with E-state index in [4.69, 9.17) is 14.2 Å². The smallest absolute Gasteiger partial charge is 0.306 e. The Morgan fingerprint density at radius 3 is 0.838 bits per heavy atom. The summed E-state index contributed by atoms with van der Waals surface area (Å²) in [7, 11) is 0. The minimum Gasteiger partial charge on any atom is -0.462 e. The maximum absolute atomic E-state index is 12.8. The summed E-state index contributed by atoms with van der Waals surface area (Å²) in [6.07, 6.45) is 70.2. The minimum atomic E-state index is -0.772. The molecule has 0 spiro atoms. The van der Waals surface area contributed by atoms with E-state index in [2.05, 4.69) is 69.4 Å². The van der Waals surface area contributed by atoms with Gasteiger partial charge in [-0.05, 0) is 83.5 Å². The molecule has 0 fully saturated rings. The summed E-state index contributed by atoms with van der Waals surface area (Å²) >= 11 is 0. The van der Waals surface area contributed by atoms with Crippen LogP contribution < -0.4 is 0 Å². The highest BCUT2D eigenvalue weighted by Crippen LogP contribution is 2.16. The third-order valence-corrected chi connectivity index (χ3v) is 13.1. The molecule has 68 heavy (non-hydrogen) atoms. The molecule has 0 rings (SSSR count). The van der Waals surface area contributed by atoms with Crippen molar-refractivity contribution in [3.8, 4) is 0 Å². The van der Waals surface area contributed by atoms with Gasteiger partial charge < -0.3 is 14.2 Å². The first-order chi connectivity index (χ1) is 33.5. The summed E-state index contributed by atoms with van der Waals surface area (Å²) in [5.74, 6) is -0.886. The van der Waals surface area contributed by atoms with E-state index in [1.54, 1.807) is 0 Å². The van der Waals surface area contributed by atoms with E-state index < -0.39 is 6.10 Å². The molecule has 0 saturated heterocycles. The first-order valence-electron chi connectivity index (χ1n) is 29.6. The number of carbonyl (C=O) groups is 3. The highest BCUT2D eigenvalue weighted by atomic mass is 16.6. The molecule has 0 aromatic rings. The molecule has 0 bridgehead atoms. The molecule has 0 aromatic heterocycles. The summed E-state index contributed by atoms with van der Waals surface area (Å²) in [5, 5.41) is 0. The van der Waals surface area contributed by atoms with Gasteiger partial charge in [0.25, 0.3) is 0 Å². The molecule has 0 aliphatic carbocycles.